The smallest absolute Gasteiger partial charge is 0.349 e. The summed E-state index contributed by atoms with van der Waals surface area (Å²) in [5, 5.41) is 0.674. The van der Waals surface area contributed by atoms with Gasteiger partial charge in [0.05, 0.1) is 4.90 Å². The highest BCUT2D eigenvalue weighted by Gasteiger charge is 2.31. The molecule has 5 rings (SSSR count). The van der Waals surface area contributed by atoms with Crippen LogP contribution in [0.1, 0.15) is 35.2 Å². The second kappa shape index (κ2) is 7.62. The Labute approximate surface area is 179 Å². The maximum absolute atomic E-state index is 13.1. The quantitative estimate of drug-likeness (QED) is 0.586. The summed E-state index contributed by atoms with van der Waals surface area (Å²) in [5.74, 6) is -0.440. The molecule has 3 aromatic rings. The van der Waals surface area contributed by atoms with E-state index in [1.165, 1.54) is 9.21 Å². The Balaban J connectivity index is 1.47. The number of para-hydroxylation sites is 1. The van der Waals surface area contributed by atoms with Crippen molar-refractivity contribution in [3.8, 4) is 0 Å². The molecule has 160 valence electrons. The third-order valence-electron chi connectivity index (χ3n) is 6.02. The van der Waals surface area contributed by atoms with Crippen LogP contribution in [0.5, 0.6) is 0 Å². The molecule has 0 saturated carbocycles. The molecule has 1 aromatic heterocycles. The van der Waals surface area contributed by atoms with E-state index < -0.39 is 21.6 Å². The molecule has 1 saturated heterocycles. The molecule has 0 bridgehead atoms. The maximum Gasteiger partial charge on any atom is 0.349 e. The third-order valence-corrected chi connectivity index (χ3v) is 7.91. The van der Waals surface area contributed by atoms with Crippen LogP contribution in [0.15, 0.2) is 62.6 Å². The van der Waals surface area contributed by atoms with Crippen molar-refractivity contribution in [1.29, 1.82) is 0 Å². The van der Waals surface area contributed by atoms with Gasteiger partial charge in [-0.3, -0.25) is 4.79 Å². The second-order valence-corrected chi connectivity index (χ2v) is 9.89. The molecule has 0 radical (unpaired) electrons. The summed E-state index contributed by atoms with van der Waals surface area (Å²) in [6, 6.07) is 13.5. The van der Waals surface area contributed by atoms with Crippen molar-refractivity contribution in [3.05, 3.63) is 70.1 Å². The van der Waals surface area contributed by atoms with Gasteiger partial charge in [0.25, 0.3) is 5.91 Å². The van der Waals surface area contributed by atoms with Gasteiger partial charge in [0, 0.05) is 30.7 Å². The van der Waals surface area contributed by atoms with Crippen LogP contribution in [-0.2, 0) is 16.4 Å². The van der Waals surface area contributed by atoms with Gasteiger partial charge in [-0.2, -0.15) is 4.31 Å². The van der Waals surface area contributed by atoms with Gasteiger partial charge in [-0.15, -0.1) is 0 Å². The molecule has 1 fully saturated rings. The van der Waals surface area contributed by atoms with Crippen LogP contribution in [0.4, 0.5) is 5.69 Å². The van der Waals surface area contributed by atoms with E-state index in [4.69, 9.17) is 4.42 Å². The number of sulfonamides is 1. The summed E-state index contributed by atoms with van der Waals surface area (Å²) < 4.78 is 32.8. The summed E-state index contributed by atoms with van der Waals surface area (Å²) in [7, 11) is -3.54. The third kappa shape index (κ3) is 3.45. The Morgan fingerprint density at radius 3 is 2.52 bits per heavy atom. The van der Waals surface area contributed by atoms with Gasteiger partial charge < -0.3 is 9.32 Å². The number of benzene rings is 2. The van der Waals surface area contributed by atoms with Crippen molar-refractivity contribution in [2.24, 2.45) is 0 Å². The Hall–Kier alpha value is -2.97. The largest absolute Gasteiger partial charge is 0.422 e. The van der Waals surface area contributed by atoms with Gasteiger partial charge >= 0.3 is 5.63 Å². The summed E-state index contributed by atoms with van der Waals surface area (Å²) in [4.78, 5) is 27.3. The Morgan fingerprint density at radius 1 is 0.935 bits per heavy atom. The van der Waals surface area contributed by atoms with E-state index >= 15 is 0 Å². The van der Waals surface area contributed by atoms with Gasteiger partial charge in [-0.1, -0.05) is 24.6 Å². The molecule has 0 unspecified atom stereocenters. The maximum atomic E-state index is 13.1. The summed E-state index contributed by atoms with van der Waals surface area (Å²) in [5.41, 5.74) is 1.14. The number of carbonyl (C=O) groups is 1. The van der Waals surface area contributed by atoms with E-state index in [9.17, 15) is 18.0 Å². The number of hydrogen-bond acceptors (Lipinski definition) is 5. The van der Waals surface area contributed by atoms with Crippen molar-refractivity contribution in [2.75, 3.05) is 24.5 Å². The van der Waals surface area contributed by atoms with Gasteiger partial charge in [-0.25, -0.2) is 13.2 Å². The Kier molecular flexibility index (Phi) is 4.91. The first-order valence-electron chi connectivity index (χ1n) is 10.4. The van der Waals surface area contributed by atoms with Crippen LogP contribution in [0.3, 0.4) is 0 Å². The summed E-state index contributed by atoms with van der Waals surface area (Å²) in [6.45, 7) is 1.47. The first kappa shape index (κ1) is 20.0. The van der Waals surface area contributed by atoms with Gasteiger partial charge in [0.1, 0.15) is 11.1 Å². The van der Waals surface area contributed by atoms with Gasteiger partial charge in [-0.05, 0) is 55.2 Å². The standard InChI is InChI=1S/C23H22N2O5S/c26-22(19-15-17-6-2-3-7-21(17)30-23(19)27)25-13-10-16-14-18(8-9-20(16)25)31(28,29)24-11-4-1-5-12-24/h2-3,6-9,14-15H,1,4-5,10-13H2. The Bertz CT molecular complexity index is 1340. The number of rotatable bonds is 3. The minimum Gasteiger partial charge on any atom is -0.422 e. The van der Waals surface area contributed by atoms with Crippen molar-refractivity contribution in [2.45, 2.75) is 30.6 Å². The predicted molar refractivity (Wildman–Crippen MR) is 117 cm³/mol. The van der Waals surface area contributed by atoms with E-state index in [1.807, 2.05) is 6.07 Å². The van der Waals surface area contributed by atoms with Crippen LogP contribution < -0.4 is 10.5 Å². The molecule has 7 nitrogen and oxygen atoms in total. The van der Waals surface area contributed by atoms with Crippen LogP contribution in [0.25, 0.3) is 11.0 Å². The van der Waals surface area contributed by atoms with E-state index in [2.05, 4.69) is 0 Å². The van der Waals surface area contributed by atoms with Crippen molar-refractivity contribution in [1.82, 2.24) is 4.31 Å². The molecule has 8 heteroatoms. The van der Waals surface area contributed by atoms with Gasteiger partial charge in [0.15, 0.2) is 0 Å². The molecule has 3 heterocycles. The molecular formula is C23H22N2O5S. The minimum absolute atomic E-state index is 0.0310. The van der Waals surface area contributed by atoms with Crippen molar-refractivity contribution in [3.63, 3.8) is 0 Å². The average molecular weight is 439 g/mol. The van der Waals surface area contributed by atoms with Crippen LogP contribution in [0.2, 0.25) is 0 Å². The minimum atomic E-state index is -3.54. The second-order valence-electron chi connectivity index (χ2n) is 7.95. The normalized spacial score (nSPS) is 17.1. The molecule has 0 atom stereocenters. The molecule has 0 spiro atoms. The molecule has 1 amide bonds. The lowest BCUT2D eigenvalue weighted by molar-refractivity contribution is 0.0986. The van der Waals surface area contributed by atoms with Crippen LogP contribution >= 0.6 is 0 Å². The van der Waals surface area contributed by atoms with Crippen LogP contribution in [-0.4, -0.2) is 38.3 Å². The molecule has 0 aliphatic carbocycles. The van der Waals surface area contributed by atoms with E-state index in [1.54, 1.807) is 42.5 Å². The monoisotopic (exact) mass is 438 g/mol. The number of nitrogens with zero attached hydrogens (tertiary/aromatic N) is 2. The molecule has 2 aromatic carbocycles. The Morgan fingerprint density at radius 2 is 1.71 bits per heavy atom. The van der Waals surface area contributed by atoms with E-state index in [0.29, 0.717) is 42.7 Å². The van der Waals surface area contributed by atoms with Crippen LogP contribution in [0, 0.1) is 0 Å². The first-order chi connectivity index (χ1) is 14.9. The molecule has 0 N–H and O–H groups in total. The first-order valence-corrected chi connectivity index (χ1v) is 11.9. The molecule has 31 heavy (non-hydrogen) atoms. The fourth-order valence-electron chi connectivity index (χ4n) is 4.36. The fourth-order valence-corrected chi connectivity index (χ4v) is 5.93. The highest BCUT2D eigenvalue weighted by molar-refractivity contribution is 7.89. The predicted octanol–water partition coefficient (Wildman–Crippen LogP) is 3.17. The zero-order chi connectivity index (χ0) is 21.6. The highest BCUT2D eigenvalue weighted by Crippen LogP contribution is 2.32. The molecule has 2 aliphatic heterocycles. The lowest BCUT2D eigenvalue weighted by atomic mass is 10.1. The number of carbonyl (C=O) groups excluding carboxylic acids is 1. The number of hydrogen-bond donors (Lipinski definition) is 0. The number of anilines is 1. The summed E-state index contributed by atoms with van der Waals surface area (Å²) in [6.07, 6.45) is 3.33. The van der Waals surface area contributed by atoms with Crippen molar-refractivity contribution < 1.29 is 17.6 Å². The van der Waals surface area contributed by atoms with Crippen molar-refractivity contribution >= 4 is 32.6 Å². The zero-order valence-electron chi connectivity index (χ0n) is 16.9. The molecule has 2 aliphatic rings. The lowest BCUT2D eigenvalue weighted by Gasteiger charge is -2.26. The lowest BCUT2D eigenvalue weighted by Crippen LogP contribution is -2.35. The number of amides is 1. The topological polar surface area (TPSA) is 87.9 Å². The fraction of sp³-hybridized carbons (Fsp3) is 0.304. The molecular weight excluding hydrogens is 416 g/mol. The SMILES string of the molecule is O=C(c1cc2ccccc2oc1=O)N1CCc2cc(S(=O)(=O)N3CCCCC3)ccc21. The summed E-state index contributed by atoms with van der Waals surface area (Å²) >= 11 is 0. The average Bonchev–Trinajstić information content (AvgIpc) is 3.22. The van der Waals surface area contributed by atoms with Gasteiger partial charge in [0.2, 0.25) is 10.0 Å². The number of piperidine rings is 1. The highest BCUT2D eigenvalue weighted by atomic mass is 32.2. The zero-order valence-corrected chi connectivity index (χ0v) is 17.7. The van der Waals surface area contributed by atoms with E-state index in [0.717, 1.165) is 24.8 Å². The van der Waals surface area contributed by atoms with E-state index in [-0.39, 0.29) is 10.5 Å². The number of fused-ring (bicyclic) bond motifs is 2.